The van der Waals surface area contributed by atoms with Gasteiger partial charge >= 0.3 is 0 Å². The number of methoxy groups -OCH3 is 1. The molecule has 0 radical (unpaired) electrons. The molecule has 0 atom stereocenters. The molecule has 0 saturated carbocycles. The fraction of sp³-hybridized carbons (Fsp3) is 0.200. The summed E-state index contributed by atoms with van der Waals surface area (Å²) in [6.45, 7) is 2.22. The van der Waals surface area contributed by atoms with Gasteiger partial charge in [0, 0.05) is 6.07 Å². The van der Waals surface area contributed by atoms with Crippen molar-refractivity contribution in [3.05, 3.63) is 47.9 Å². The Balaban J connectivity index is 1.74. The van der Waals surface area contributed by atoms with E-state index < -0.39 is 0 Å². The van der Waals surface area contributed by atoms with Crippen LogP contribution in [0.3, 0.4) is 0 Å². The van der Waals surface area contributed by atoms with Gasteiger partial charge in [-0.15, -0.1) is 0 Å². The first-order valence-corrected chi connectivity index (χ1v) is 6.72. The Kier molecular flexibility index (Phi) is 3.95. The van der Waals surface area contributed by atoms with Gasteiger partial charge in [-0.2, -0.15) is 20.4 Å². The third kappa shape index (κ3) is 3.20. The number of aryl methyl sites for hydroxylation is 1. The molecule has 3 rings (SSSR count). The molecule has 1 aromatic carbocycles. The number of rotatable bonds is 5. The molecule has 7 heteroatoms. The second kappa shape index (κ2) is 6.21. The predicted molar refractivity (Wildman–Crippen MR) is 79.5 cm³/mol. The standard InChI is InChI=1S/C15H15N5O2/c1-10-17-13(14-8-16-20-19-14)7-15(18-10)22-9-11-3-5-12(21-2)6-4-11/h3-8H,9H2,1-2H3,(H,16,19,20). The van der Waals surface area contributed by atoms with Crippen LogP contribution < -0.4 is 9.47 Å². The quantitative estimate of drug-likeness (QED) is 0.776. The van der Waals surface area contributed by atoms with E-state index in [1.165, 1.54) is 0 Å². The van der Waals surface area contributed by atoms with Gasteiger partial charge in [0.15, 0.2) is 0 Å². The Morgan fingerprint density at radius 2 is 1.91 bits per heavy atom. The highest BCUT2D eigenvalue weighted by molar-refractivity contribution is 5.53. The maximum Gasteiger partial charge on any atom is 0.217 e. The molecule has 2 aromatic heterocycles. The molecule has 0 aliphatic heterocycles. The molecule has 0 spiro atoms. The van der Waals surface area contributed by atoms with Crippen LogP contribution in [0.25, 0.3) is 11.4 Å². The number of hydrogen-bond donors (Lipinski definition) is 1. The van der Waals surface area contributed by atoms with E-state index in [-0.39, 0.29) is 0 Å². The molecule has 3 aromatic rings. The van der Waals surface area contributed by atoms with Crippen LogP contribution in [0.4, 0.5) is 0 Å². The minimum atomic E-state index is 0.415. The van der Waals surface area contributed by atoms with Gasteiger partial charge < -0.3 is 9.47 Å². The lowest BCUT2D eigenvalue weighted by molar-refractivity contribution is 0.292. The zero-order valence-corrected chi connectivity index (χ0v) is 12.3. The molecule has 2 heterocycles. The van der Waals surface area contributed by atoms with E-state index in [0.29, 0.717) is 29.7 Å². The van der Waals surface area contributed by atoms with Crippen LogP contribution in [-0.4, -0.2) is 32.5 Å². The van der Waals surface area contributed by atoms with Crippen LogP contribution in [0, 0.1) is 6.92 Å². The highest BCUT2D eigenvalue weighted by atomic mass is 16.5. The Morgan fingerprint density at radius 1 is 1.09 bits per heavy atom. The van der Waals surface area contributed by atoms with Crippen LogP contribution >= 0.6 is 0 Å². The lowest BCUT2D eigenvalue weighted by Crippen LogP contribution is -2.00. The van der Waals surface area contributed by atoms with Crippen LogP contribution in [0.5, 0.6) is 11.6 Å². The van der Waals surface area contributed by atoms with Crippen molar-refractivity contribution in [2.75, 3.05) is 7.11 Å². The van der Waals surface area contributed by atoms with Gasteiger partial charge in [0.05, 0.1) is 19.0 Å². The van der Waals surface area contributed by atoms with E-state index in [9.17, 15) is 0 Å². The predicted octanol–water partition coefficient (Wildman–Crippen LogP) is 2.16. The molecule has 1 N–H and O–H groups in total. The first-order valence-electron chi connectivity index (χ1n) is 6.72. The van der Waals surface area contributed by atoms with Crippen molar-refractivity contribution in [3.8, 4) is 23.0 Å². The zero-order valence-electron chi connectivity index (χ0n) is 12.3. The first-order chi connectivity index (χ1) is 10.7. The Morgan fingerprint density at radius 3 is 2.59 bits per heavy atom. The van der Waals surface area contributed by atoms with Gasteiger partial charge in [0.2, 0.25) is 5.88 Å². The summed E-state index contributed by atoms with van der Waals surface area (Å²) in [7, 11) is 1.64. The Hall–Kier alpha value is -2.96. The maximum atomic E-state index is 5.73. The van der Waals surface area contributed by atoms with Crippen molar-refractivity contribution >= 4 is 0 Å². The highest BCUT2D eigenvalue weighted by Gasteiger charge is 2.08. The summed E-state index contributed by atoms with van der Waals surface area (Å²) in [6, 6.07) is 9.43. The fourth-order valence-electron chi connectivity index (χ4n) is 1.95. The molecule has 7 nitrogen and oxygen atoms in total. The van der Waals surface area contributed by atoms with Crippen LogP contribution in [-0.2, 0) is 6.61 Å². The van der Waals surface area contributed by atoms with E-state index in [4.69, 9.17) is 9.47 Å². The molecule has 0 saturated heterocycles. The van der Waals surface area contributed by atoms with Crippen molar-refractivity contribution in [1.82, 2.24) is 25.4 Å². The average molecular weight is 297 g/mol. The normalized spacial score (nSPS) is 10.5. The van der Waals surface area contributed by atoms with Crippen molar-refractivity contribution < 1.29 is 9.47 Å². The smallest absolute Gasteiger partial charge is 0.217 e. The first kappa shape index (κ1) is 14.0. The number of aromatic amines is 1. The molecule has 0 fully saturated rings. The lowest BCUT2D eigenvalue weighted by Gasteiger charge is -2.08. The molecular formula is C15H15N5O2. The van der Waals surface area contributed by atoms with Crippen LogP contribution in [0.2, 0.25) is 0 Å². The van der Waals surface area contributed by atoms with Crippen molar-refractivity contribution in [1.29, 1.82) is 0 Å². The highest BCUT2D eigenvalue weighted by Crippen LogP contribution is 2.19. The Bertz CT molecular complexity index is 741. The van der Waals surface area contributed by atoms with Gasteiger partial charge in [-0.05, 0) is 24.6 Å². The topological polar surface area (TPSA) is 85.8 Å². The van der Waals surface area contributed by atoms with Crippen molar-refractivity contribution in [2.45, 2.75) is 13.5 Å². The maximum absolute atomic E-state index is 5.73. The van der Waals surface area contributed by atoms with E-state index >= 15 is 0 Å². The van der Waals surface area contributed by atoms with Crippen LogP contribution in [0.1, 0.15) is 11.4 Å². The average Bonchev–Trinajstić information content (AvgIpc) is 3.07. The monoisotopic (exact) mass is 297 g/mol. The summed E-state index contributed by atoms with van der Waals surface area (Å²) >= 11 is 0. The third-order valence-corrected chi connectivity index (χ3v) is 3.04. The fourth-order valence-corrected chi connectivity index (χ4v) is 1.95. The number of H-pyrrole nitrogens is 1. The van der Waals surface area contributed by atoms with Crippen LogP contribution in [0.15, 0.2) is 36.5 Å². The van der Waals surface area contributed by atoms with Gasteiger partial charge in [-0.25, -0.2) is 4.98 Å². The molecule has 22 heavy (non-hydrogen) atoms. The molecule has 0 aliphatic carbocycles. The number of nitrogens with zero attached hydrogens (tertiary/aromatic N) is 4. The molecular weight excluding hydrogens is 282 g/mol. The van der Waals surface area contributed by atoms with Gasteiger partial charge in [0.25, 0.3) is 0 Å². The van der Waals surface area contributed by atoms with Gasteiger partial charge in [0.1, 0.15) is 23.9 Å². The number of nitrogens with one attached hydrogen (secondary N) is 1. The molecule has 112 valence electrons. The second-order valence-corrected chi connectivity index (χ2v) is 4.63. The van der Waals surface area contributed by atoms with Gasteiger partial charge in [-0.1, -0.05) is 12.1 Å². The SMILES string of the molecule is COc1ccc(COc2cc(-c3cn[nH]n3)nc(C)n2)cc1. The van der Waals surface area contributed by atoms with Crippen molar-refractivity contribution in [2.24, 2.45) is 0 Å². The molecule has 0 unspecified atom stereocenters. The molecule has 0 aliphatic rings. The van der Waals surface area contributed by atoms with E-state index in [1.807, 2.05) is 31.2 Å². The summed E-state index contributed by atoms with van der Waals surface area (Å²) in [4.78, 5) is 8.60. The summed E-state index contributed by atoms with van der Waals surface area (Å²) in [6.07, 6.45) is 1.61. The third-order valence-electron chi connectivity index (χ3n) is 3.04. The summed E-state index contributed by atoms with van der Waals surface area (Å²) in [5, 5.41) is 10.4. The van der Waals surface area contributed by atoms with Gasteiger partial charge in [-0.3, -0.25) is 0 Å². The summed E-state index contributed by atoms with van der Waals surface area (Å²) < 4.78 is 10.9. The minimum absolute atomic E-state index is 0.415. The largest absolute Gasteiger partial charge is 0.497 e. The minimum Gasteiger partial charge on any atom is -0.497 e. The van der Waals surface area contributed by atoms with E-state index in [1.54, 1.807) is 19.4 Å². The number of aromatic nitrogens is 5. The second-order valence-electron chi connectivity index (χ2n) is 4.63. The van der Waals surface area contributed by atoms with E-state index in [2.05, 4.69) is 25.4 Å². The zero-order chi connectivity index (χ0) is 15.4. The number of ether oxygens (including phenoxy) is 2. The number of hydrogen-bond acceptors (Lipinski definition) is 6. The lowest BCUT2D eigenvalue weighted by atomic mass is 10.2. The summed E-state index contributed by atoms with van der Waals surface area (Å²) in [5.74, 6) is 1.93. The van der Waals surface area contributed by atoms with Crippen molar-refractivity contribution in [3.63, 3.8) is 0 Å². The van der Waals surface area contributed by atoms with E-state index in [0.717, 1.165) is 11.3 Å². The number of benzene rings is 1. The Labute approximate surface area is 127 Å². The summed E-state index contributed by atoms with van der Waals surface area (Å²) in [5.41, 5.74) is 2.35. The molecule has 0 bridgehead atoms. The molecule has 0 amide bonds.